The number of pyridine rings is 1. The molecular weight excluding hydrogens is 654 g/mol. The van der Waals surface area contributed by atoms with E-state index in [9.17, 15) is 9.59 Å². The Labute approximate surface area is 305 Å². The number of nitrogens with one attached hydrogen (secondary N) is 2. The van der Waals surface area contributed by atoms with E-state index >= 15 is 0 Å². The standard InChI is InChI=1S/C41H49N7O4/c1-24-17-34(47(22-24)38(49)51-40(3,4)5)36-42-20-32(45-36)27-11-9-26(10-12-27)28-13-15-30-29(19-28)14-16-31(44-30)33-21-43-37(46-33)35-18-25(2)23-48(35)39(50)52-41(6,7)8/h9-16,19-21,24-25,34-35H,17-18,22-23H2,1-8H3,(H,42,45)(H,43,46)/t24-,25?,34-,35?/m0/s1. The van der Waals surface area contributed by atoms with Gasteiger partial charge in [0.25, 0.3) is 0 Å². The van der Waals surface area contributed by atoms with Crippen LogP contribution in [0.5, 0.6) is 0 Å². The van der Waals surface area contributed by atoms with E-state index in [1.807, 2.05) is 59.9 Å². The summed E-state index contributed by atoms with van der Waals surface area (Å²) in [6, 6.07) is 18.4. The van der Waals surface area contributed by atoms with Crippen LogP contribution in [-0.4, -0.2) is 71.2 Å². The summed E-state index contributed by atoms with van der Waals surface area (Å²) < 4.78 is 11.4. The molecule has 5 aromatic rings. The topological polar surface area (TPSA) is 129 Å². The number of amides is 2. The van der Waals surface area contributed by atoms with Crippen molar-refractivity contribution in [2.75, 3.05) is 13.1 Å². The van der Waals surface area contributed by atoms with Gasteiger partial charge in [0.1, 0.15) is 22.9 Å². The number of aromatic nitrogens is 5. The molecule has 0 spiro atoms. The largest absolute Gasteiger partial charge is 0.444 e. The Morgan fingerprint density at radius 3 is 1.73 bits per heavy atom. The van der Waals surface area contributed by atoms with E-state index in [4.69, 9.17) is 14.5 Å². The maximum absolute atomic E-state index is 13.0. The third kappa shape index (κ3) is 7.54. The fourth-order valence-electron chi connectivity index (χ4n) is 7.24. The number of carbonyl (C=O) groups excluding carboxylic acids is 2. The van der Waals surface area contributed by atoms with Crippen LogP contribution in [0.4, 0.5) is 9.59 Å². The molecular formula is C41H49N7O4. The molecule has 11 nitrogen and oxygen atoms in total. The van der Waals surface area contributed by atoms with Gasteiger partial charge in [-0.25, -0.2) is 24.5 Å². The molecule has 11 heteroatoms. The molecule has 2 fully saturated rings. The van der Waals surface area contributed by atoms with Crippen molar-refractivity contribution in [1.82, 2.24) is 34.7 Å². The Kier molecular flexibility index (Phi) is 9.09. The van der Waals surface area contributed by atoms with E-state index in [-0.39, 0.29) is 24.3 Å². The highest BCUT2D eigenvalue weighted by atomic mass is 16.6. The normalized spacial score (nSPS) is 20.8. The lowest BCUT2D eigenvalue weighted by Gasteiger charge is -2.27. The van der Waals surface area contributed by atoms with Crippen molar-refractivity contribution in [2.45, 2.75) is 91.5 Å². The van der Waals surface area contributed by atoms with E-state index in [2.05, 4.69) is 76.2 Å². The molecule has 2 aliphatic rings. The first-order valence-corrected chi connectivity index (χ1v) is 18.2. The molecule has 0 radical (unpaired) electrons. The average molecular weight is 704 g/mol. The Hall–Kier alpha value is -5.19. The van der Waals surface area contributed by atoms with Crippen molar-refractivity contribution in [1.29, 1.82) is 0 Å². The van der Waals surface area contributed by atoms with Crippen LogP contribution in [-0.2, 0) is 9.47 Å². The first kappa shape index (κ1) is 35.2. The minimum Gasteiger partial charge on any atom is -0.444 e. The minimum atomic E-state index is -0.561. The lowest BCUT2D eigenvalue weighted by atomic mass is 10.0. The Morgan fingerprint density at radius 2 is 1.17 bits per heavy atom. The molecule has 2 N–H and O–H groups in total. The zero-order valence-corrected chi connectivity index (χ0v) is 31.4. The van der Waals surface area contributed by atoms with Crippen LogP contribution in [0, 0.1) is 11.8 Å². The zero-order chi connectivity index (χ0) is 36.9. The Bertz CT molecular complexity index is 2090. The molecule has 7 rings (SSSR count). The zero-order valence-electron chi connectivity index (χ0n) is 31.4. The minimum absolute atomic E-state index is 0.148. The number of aromatic amines is 2. The molecule has 0 bridgehead atoms. The first-order chi connectivity index (χ1) is 24.6. The maximum atomic E-state index is 13.0. The first-order valence-electron chi connectivity index (χ1n) is 18.2. The second-order valence-corrected chi connectivity index (χ2v) is 16.5. The summed E-state index contributed by atoms with van der Waals surface area (Å²) in [5.41, 5.74) is 5.47. The number of benzene rings is 2. The number of likely N-dealkylation sites (tertiary alicyclic amines) is 2. The number of imidazole rings is 2. The third-order valence-electron chi connectivity index (χ3n) is 9.59. The molecule has 4 atom stereocenters. The van der Waals surface area contributed by atoms with Crippen LogP contribution in [0.2, 0.25) is 0 Å². The number of rotatable bonds is 5. The fourth-order valence-corrected chi connectivity index (χ4v) is 7.24. The maximum Gasteiger partial charge on any atom is 0.410 e. The van der Waals surface area contributed by atoms with Crippen molar-refractivity contribution >= 4 is 23.1 Å². The van der Waals surface area contributed by atoms with Crippen molar-refractivity contribution in [2.24, 2.45) is 11.8 Å². The van der Waals surface area contributed by atoms with Crippen molar-refractivity contribution < 1.29 is 19.1 Å². The summed E-state index contributed by atoms with van der Waals surface area (Å²) in [4.78, 5) is 50.7. The fraction of sp³-hybridized carbons (Fsp3) is 0.439. The molecule has 0 saturated carbocycles. The van der Waals surface area contributed by atoms with E-state index in [0.717, 1.165) is 69.2 Å². The van der Waals surface area contributed by atoms with Gasteiger partial charge in [-0.15, -0.1) is 0 Å². The average Bonchev–Trinajstić information content (AvgIpc) is 3.89. The second kappa shape index (κ2) is 13.4. The predicted molar refractivity (Wildman–Crippen MR) is 201 cm³/mol. The van der Waals surface area contributed by atoms with Gasteiger partial charge in [0.2, 0.25) is 0 Å². The lowest BCUT2D eigenvalue weighted by Crippen LogP contribution is -2.37. The van der Waals surface area contributed by atoms with Gasteiger partial charge in [-0.05, 0) is 101 Å². The Balaban J connectivity index is 1.05. The number of nitrogens with zero attached hydrogens (tertiary/aromatic N) is 5. The molecule has 2 aliphatic heterocycles. The lowest BCUT2D eigenvalue weighted by molar-refractivity contribution is 0.0204. The molecule has 2 unspecified atom stereocenters. The van der Waals surface area contributed by atoms with Crippen molar-refractivity contribution in [3.8, 4) is 33.8 Å². The van der Waals surface area contributed by atoms with Gasteiger partial charge in [-0.1, -0.05) is 50.2 Å². The molecule has 272 valence electrons. The summed E-state index contributed by atoms with van der Waals surface area (Å²) in [7, 11) is 0. The van der Waals surface area contributed by atoms with Gasteiger partial charge < -0.3 is 19.4 Å². The highest BCUT2D eigenvalue weighted by molar-refractivity contribution is 5.86. The van der Waals surface area contributed by atoms with Crippen LogP contribution in [0.15, 0.2) is 67.0 Å². The molecule has 0 aliphatic carbocycles. The van der Waals surface area contributed by atoms with E-state index in [1.54, 1.807) is 16.0 Å². The number of hydrogen-bond acceptors (Lipinski definition) is 7. The van der Waals surface area contributed by atoms with E-state index < -0.39 is 11.2 Å². The van der Waals surface area contributed by atoms with Crippen molar-refractivity contribution in [3.05, 3.63) is 78.6 Å². The number of fused-ring (bicyclic) bond motifs is 1. The van der Waals surface area contributed by atoms with Gasteiger partial charge in [0, 0.05) is 18.5 Å². The monoisotopic (exact) mass is 703 g/mol. The summed E-state index contributed by atoms with van der Waals surface area (Å²) in [5.74, 6) is 2.22. The van der Waals surface area contributed by atoms with Crippen LogP contribution >= 0.6 is 0 Å². The SMILES string of the molecule is CC1CC(c2ncc(-c3ccc4cc(-c5ccc(-c6cnc([C@@H]7C[C@H](C)CN7C(=O)OC(C)(C)C)[nH]6)cc5)ccc4n3)[nH]2)N(C(=O)OC(C)(C)C)C1. The molecule has 3 aromatic heterocycles. The second-order valence-electron chi connectivity index (χ2n) is 16.5. The van der Waals surface area contributed by atoms with Crippen LogP contribution < -0.4 is 0 Å². The van der Waals surface area contributed by atoms with Crippen LogP contribution in [0.25, 0.3) is 44.7 Å². The molecule has 52 heavy (non-hydrogen) atoms. The Morgan fingerprint density at radius 1 is 0.673 bits per heavy atom. The smallest absolute Gasteiger partial charge is 0.410 e. The number of hydrogen-bond donors (Lipinski definition) is 2. The summed E-state index contributed by atoms with van der Waals surface area (Å²) in [6.07, 6.45) is 4.67. The van der Waals surface area contributed by atoms with Gasteiger partial charge in [0.15, 0.2) is 0 Å². The number of ether oxygens (including phenoxy) is 2. The summed E-state index contributed by atoms with van der Waals surface area (Å²) in [5, 5.41) is 1.03. The third-order valence-corrected chi connectivity index (χ3v) is 9.59. The van der Waals surface area contributed by atoms with Crippen LogP contribution in [0.3, 0.4) is 0 Å². The quantitative estimate of drug-likeness (QED) is 0.187. The molecule has 2 aromatic carbocycles. The molecule has 5 heterocycles. The van der Waals surface area contributed by atoms with Gasteiger partial charge in [-0.3, -0.25) is 9.80 Å². The van der Waals surface area contributed by atoms with E-state index in [1.165, 1.54) is 0 Å². The van der Waals surface area contributed by atoms with E-state index in [0.29, 0.717) is 24.9 Å². The molecule has 2 amide bonds. The summed E-state index contributed by atoms with van der Waals surface area (Å²) in [6.45, 7) is 16.9. The molecule has 2 saturated heterocycles. The van der Waals surface area contributed by atoms with Gasteiger partial charge in [0.05, 0.1) is 47.1 Å². The number of H-pyrrole nitrogens is 2. The number of carbonyl (C=O) groups is 2. The predicted octanol–water partition coefficient (Wildman–Crippen LogP) is 9.32. The highest BCUT2D eigenvalue weighted by Crippen LogP contribution is 2.38. The van der Waals surface area contributed by atoms with Gasteiger partial charge >= 0.3 is 12.2 Å². The van der Waals surface area contributed by atoms with Crippen LogP contribution in [0.1, 0.15) is 92.0 Å². The van der Waals surface area contributed by atoms with Gasteiger partial charge in [-0.2, -0.15) is 0 Å². The van der Waals surface area contributed by atoms with Crippen molar-refractivity contribution in [3.63, 3.8) is 0 Å². The highest BCUT2D eigenvalue weighted by Gasteiger charge is 2.39. The summed E-state index contributed by atoms with van der Waals surface area (Å²) >= 11 is 0.